The third-order valence-corrected chi connectivity index (χ3v) is 3.16. The van der Waals surface area contributed by atoms with E-state index in [1.54, 1.807) is 0 Å². The minimum absolute atomic E-state index is 0.250. The molecule has 0 atom stereocenters. The largest absolute Gasteiger partial charge is 0.402 e. The van der Waals surface area contributed by atoms with Crippen LogP contribution < -0.4 is 10.0 Å². The van der Waals surface area contributed by atoms with Crippen molar-refractivity contribution in [2.75, 3.05) is 18.9 Å². The fraction of sp³-hybridized carbons (Fsp3) is 0.375. The van der Waals surface area contributed by atoms with Gasteiger partial charge >= 0.3 is 6.18 Å². The lowest BCUT2D eigenvalue weighted by Crippen LogP contribution is -2.33. The van der Waals surface area contributed by atoms with Gasteiger partial charge in [0.2, 0.25) is 10.0 Å². The lowest BCUT2D eigenvalue weighted by Gasteiger charge is -2.09. The summed E-state index contributed by atoms with van der Waals surface area (Å²) in [4.78, 5) is 3.48. The minimum atomic E-state index is -4.59. The summed E-state index contributed by atoms with van der Waals surface area (Å²) < 4.78 is 60.1. The molecular weight excluding hydrogens is 259 g/mol. The highest BCUT2D eigenvalue weighted by Crippen LogP contribution is 2.16. The molecule has 0 radical (unpaired) electrons. The second-order valence-corrected chi connectivity index (χ2v) is 4.83. The Balaban J connectivity index is 2.89. The van der Waals surface area contributed by atoms with Crippen molar-refractivity contribution in [1.29, 1.82) is 0 Å². The maximum absolute atomic E-state index is 11.9. The maximum Gasteiger partial charge on any atom is 0.402 e. The average Bonchev–Trinajstić information content (AvgIpc) is 2.26. The summed E-state index contributed by atoms with van der Waals surface area (Å²) >= 11 is 0. The van der Waals surface area contributed by atoms with Gasteiger partial charge in [0.1, 0.15) is 12.4 Å². The standard InChI is InChI=1S/C8H10F3N3O2S/c1-12-7-4-6(2-3-13-7)17(15,16)14-5-8(9,10)11/h2-4,14H,5H2,1H3,(H,12,13). The average molecular weight is 269 g/mol. The predicted octanol–water partition coefficient (Wildman–Crippen LogP) is 0.964. The highest BCUT2D eigenvalue weighted by atomic mass is 32.2. The van der Waals surface area contributed by atoms with Crippen molar-refractivity contribution >= 4 is 15.8 Å². The molecule has 1 heterocycles. The van der Waals surface area contributed by atoms with Crippen LogP contribution in [0.25, 0.3) is 0 Å². The van der Waals surface area contributed by atoms with Gasteiger partial charge in [0, 0.05) is 19.3 Å². The Morgan fingerprint density at radius 1 is 1.41 bits per heavy atom. The molecule has 0 aromatic carbocycles. The molecule has 96 valence electrons. The third-order valence-electron chi connectivity index (χ3n) is 1.76. The number of hydrogen-bond acceptors (Lipinski definition) is 4. The number of rotatable bonds is 4. The van der Waals surface area contributed by atoms with Crippen LogP contribution in [0.3, 0.4) is 0 Å². The summed E-state index contributed by atoms with van der Waals surface area (Å²) in [5.74, 6) is 0.250. The number of hydrogen-bond donors (Lipinski definition) is 2. The number of aromatic nitrogens is 1. The van der Waals surface area contributed by atoms with Gasteiger partial charge in [0.05, 0.1) is 4.90 Å². The van der Waals surface area contributed by atoms with Crippen LogP contribution in [-0.4, -0.2) is 33.2 Å². The summed E-state index contributed by atoms with van der Waals surface area (Å²) in [5, 5.41) is 2.59. The molecule has 0 spiro atoms. The number of pyridine rings is 1. The summed E-state index contributed by atoms with van der Waals surface area (Å²) in [5.41, 5.74) is 0. The first-order valence-corrected chi connectivity index (χ1v) is 5.93. The molecule has 2 N–H and O–H groups in total. The highest BCUT2D eigenvalue weighted by molar-refractivity contribution is 7.89. The third kappa shape index (κ3) is 4.19. The van der Waals surface area contributed by atoms with E-state index < -0.39 is 22.7 Å². The van der Waals surface area contributed by atoms with Gasteiger partial charge < -0.3 is 5.32 Å². The molecule has 0 aliphatic carbocycles. The topological polar surface area (TPSA) is 71.1 Å². The molecule has 1 rings (SSSR count). The van der Waals surface area contributed by atoms with Crippen LogP contribution in [0.1, 0.15) is 0 Å². The van der Waals surface area contributed by atoms with Crippen molar-refractivity contribution < 1.29 is 21.6 Å². The second-order valence-electron chi connectivity index (χ2n) is 3.07. The highest BCUT2D eigenvalue weighted by Gasteiger charge is 2.30. The van der Waals surface area contributed by atoms with Crippen LogP contribution in [0.5, 0.6) is 0 Å². The number of anilines is 1. The number of nitrogens with one attached hydrogen (secondary N) is 2. The Hall–Kier alpha value is -1.35. The molecule has 0 amide bonds. The zero-order chi connectivity index (χ0) is 13.1. The predicted molar refractivity (Wildman–Crippen MR) is 55.0 cm³/mol. The van der Waals surface area contributed by atoms with E-state index in [9.17, 15) is 21.6 Å². The maximum atomic E-state index is 11.9. The molecule has 1 aromatic rings. The van der Waals surface area contributed by atoms with Crippen molar-refractivity contribution in [2.24, 2.45) is 0 Å². The van der Waals surface area contributed by atoms with Crippen LogP contribution in [0, 0.1) is 0 Å². The van der Waals surface area contributed by atoms with E-state index in [-0.39, 0.29) is 10.7 Å². The monoisotopic (exact) mass is 269 g/mol. The number of halogens is 3. The quantitative estimate of drug-likeness (QED) is 0.854. The van der Waals surface area contributed by atoms with Gasteiger partial charge in [-0.2, -0.15) is 13.2 Å². The Morgan fingerprint density at radius 2 is 2.06 bits per heavy atom. The zero-order valence-electron chi connectivity index (χ0n) is 8.75. The normalized spacial score (nSPS) is 12.5. The SMILES string of the molecule is CNc1cc(S(=O)(=O)NCC(F)(F)F)ccn1. The lowest BCUT2D eigenvalue weighted by molar-refractivity contribution is -0.121. The Morgan fingerprint density at radius 3 is 2.59 bits per heavy atom. The number of alkyl halides is 3. The van der Waals surface area contributed by atoms with E-state index in [2.05, 4.69) is 10.3 Å². The van der Waals surface area contributed by atoms with Gasteiger partial charge in [0.25, 0.3) is 0 Å². The summed E-state index contributed by atoms with van der Waals surface area (Å²) in [6, 6.07) is 2.25. The Labute approximate surface area is 96.1 Å². The molecule has 17 heavy (non-hydrogen) atoms. The molecule has 0 saturated heterocycles. The van der Waals surface area contributed by atoms with Gasteiger partial charge in [-0.15, -0.1) is 0 Å². The van der Waals surface area contributed by atoms with Gasteiger partial charge in [0.15, 0.2) is 0 Å². The molecule has 0 fully saturated rings. The van der Waals surface area contributed by atoms with Crippen LogP contribution in [0.4, 0.5) is 19.0 Å². The number of nitrogens with zero attached hydrogens (tertiary/aromatic N) is 1. The van der Waals surface area contributed by atoms with Crippen molar-refractivity contribution in [2.45, 2.75) is 11.1 Å². The van der Waals surface area contributed by atoms with E-state index in [0.29, 0.717) is 0 Å². The van der Waals surface area contributed by atoms with Gasteiger partial charge in [-0.3, -0.25) is 0 Å². The summed E-state index contributed by atoms with van der Waals surface area (Å²) in [7, 11) is -2.66. The molecule has 1 aromatic heterocycles. The minimum Gasteiger partial charge on any atom is -0.373 e. The Bertz CT molecular complexity index is 487. The van der Waals surface area contributed by atoms with Gasteiger partial charge in [-0.05, 0) is 6.07 Å². The molecule has 0 saturated carbocycles. The van der Waals surface area contributed by atoms with Crippen LogP contribution >= 0.6 is 0 Å². The second kappa shape index (κ2) is 4.88. The molecule has 9 heteroatoms. The summed E-state index contributed by atoms with van der Waals surface area (Å²) in [6.07, 6.45) is -3.40. The Kier molecular flexibility index (Phi) is 3.94. The van der Waals surface area contributed by atoms with E-state index >= 15 is 0 Å². The fourth-order valence-corrected chi connectivity index (χ4v) is 2.00. The molecule has 0 aliphatic heterocycles. The first-order valence-electron chi connectivity index (χ1n) is 4.45. The smallest absolute Gasteiger partial charge is 0.373 e. The molecule has 5 nitrogen and oxygen atoms in total. The first kappa shape index (κ1) is 13.7. The molecule has 0 bridgehead atoms. The molecular formula is C8H10F3N3O2S. The van der Waals surface area contributed by atoms with Crippen LogP contribution in [-0.2, 0) is 10.0 Å². The van der Waals surface area contributed by atoms with Crippen molar-refractivity contribution in [1.82, 2.24) is 9.71 Å². The van der Waals surface area contributed by atoms with Crippen LogP contribution in [0.15, 0.2) is 23.2 Å². The van der Waals surface area contributed by atoms with Crippen molar-refractivity contribution in [3.63, 3.8) is 0 Å². The molecule has 0 unspecified atom stereocenters. The number of sulfonamides is 1. The fourth-order valence-electron chi connectivity index (χ4n) is 0.975. The van der Waals surface area contributed by atoms with Crippen molar-refractivity contribution in [3.05, 3.63) is 18.3 Å². The molecule has 0 aliphatic rings. The van der Waals surface area contributed by atoms with Crippen LogP contribution in [0.2, 0.25) is 0 Å². The van der Waals surface area contributed by atoms with E-state index in [1.807, 2.05) is 0 Å². The lowest BCUT2D eigenvalue weighted by atomic mass is 10.5. The first-order chi connectivity index (χ1) is 7.74. The van der Waals surface area contributed by atoms with Gasteiger partial charge in [-0.1, -0.05) is 0 Å². The van der Waals surface area contributed by atoms with E-state index in [0.717, 1.165) is 12.1 Å². The van der Waals surface area contributed by atoms with Crippen molar-refractivity contribution in [3.8, 4) is 0 Å². The van der Waals surface area contributed by atoms with E-state index in [4.69, 9.17) is 0 Å². The van der Waals surface area contributed by atoms with Gasteiger partial charge in [-0.25, -0.2) is 18.1 Å². The zero-order valence-corrected chi connectivity index (χ0v) is 9.56. The van der Waals surface area contributed by atoms with E-state index in [1.165, 1.54) is 18.0 Å². The summed E-state index contributed by atoms with van der Waals surface area (Å²) in [6.45, 7) is -1.60.